The van der Waals surface area contributed by atoms with E-state index in [4.69, 9.17) is 0 Å². The number of aromatic nitrogens is 4. The fourth-order valence-corrected chi connectivity index (χ4v) is 2.53. The van der Waals surface area contributed by atoms with Crippen LogP contribution < -0.4 is 0 Å². The smallest absolute Gasteiger partial charge is 0.0923 e. The average molecular weight is 280 g/mol. The molecule has 2 heterocycles. The molecule has 0 aliphatic heterocycles. The average Bonchev–Trinajstić information content (AvgIpc) is 3.09. The van der Waals surface area contributed by atoms with Crippen LogP contribution in [-0.2, 0) is 13.5 Å². The van der Waals surface area contributed by atoms with Crippen molar-refractivity contribution in [1.82, 2.24) is 20.0 Å². The standard InChI is InChI=1S/C17H20N4/c1-12(2)15-11-18-19-17(15)10-13-4-6-14(7-5-13)16-8-9-21(3)20-16/h4-9,11-12H,10H2,1-3H3,(H,18,19). The van der Waals surface area contributed by atoms with E-state index >= 15 is 0 Å². The normalized spacial score (nSPS) is 11.2. The van der Waals surface area contributed by atoms with E-state index in [0.717, 1.165) is 17.7 Å². The highest BCUT2D eigenvalue weighted by Crippen LogP contribution is 2.22. The molecular formula is C17H20N4. The van der Waals surface area contributed by atoms with E-state index in [-0.39, 0.29) is 0 Å². The van der Waals surface area contributed by atoms with Gasteiger partial charge in [-0.15, -0.1) is 0 Å². The number of benzene rings is 1. The van der Waals surface area contributed by atoms with E-state index in [9.17, 15) is 0 Å². The van der Waals surface area contributed by atoms with Gasteiger partial charge in [0.15, 0.2) is 0 Å². The molecule has 108 valence electrons. The number of nitrogens with zero attached hydrogens (tertiary/aromatic N) is 3. The predicted molar refractivity (Wildman–Crippen MR) is 84.1 cm³/mol. The van der Waals surface area contributed by atoms with Crippen LogP contribution in [-0.4, -0.2) is 20.0 Å². The fourth-order valence-electron chi connectivity index (χ4n) is 2.53. The third kappa shape index (κ3) is 2.89. The highest BCUT2D eigenvalue weighted by Gasteiger charge is 2.09. The molecule has 0 amide bonds. The highest BCUT2D eigenvalue weighted by atomic mass is 15.2. The van der Waals surface area contributed by atoms with Crippen molar-refractivity contribution in [1.29, 1.82) is 0 Å². The van der Waals surface area contributed by atoms with E-state index in [1.54, 1.807) is 0 Å². The minimum absolute atomic E-state index is 0.492. The maximum absolute atomic E-state index is 4.42. The van der Waals surface area contributed by atoms with Crippen molar-refractivity contribution < 1.29 is 0 Å². The topological polar surface area (TPSA) is 46.5 Å². The number of nitrogens with one attached hydrogen (secondary N) is 1. The van der Waals surface area contributed by atoms with Crippen molar-refractivity contribution in [3.05, 3.63) is 59.5 Å². The molecule has 0 aliphatic rings. The molecule has 0 radical (unpaired) electrons. The van der Waals surface area contributed by atoms with E-state index in [0.29, 0.717) is 5.92 Å². The Hall–Kier alpha value is -2.36. The summed E-state index contributed by atoms with van der Waals surface area (Å²) in [7, 11) is 1.93. The zero-order valence-electron chi connectivity index (χ0n) is 12.7. The highest BCUT2D eigenvalue weighted by molar-refractivity contribution is 5.59. The molecule has 4 nitrogen and oxygen atoms in total. The van der Waals surface area contributed by atoms with Crippen molar-refractivity contribution in [3.8, 4) is 11.3 Å². The molecule has 0 saturated carbocycles. The first-order valence-electron chi connectivity index (χ1n) is 7.24. The summed E-state index contributed by atoms with van der Waals surface area (Å²) in [6.07, 6.45) is 4.78. The third-order valence-electron chi connectivity index (χ3n) is 3.72. The Morgan fingerprint density at radius 3 is 2.52 bits per heavy atom. The lowest BCUT2D eigenvalue weighted by Crippen LogP contribution is -1.96. The number of hydrogen-bond acceptors (Lipinski definition) is 2. The van der Waals surface area contributed by atoms with Crippen molar-refractivity contribution >= 4 is 0 Å². The van der Waals surface area contributed by atoms with Gasteiger partial charge in [0.1, 0.15) is 0 Å². The first-order chi connectivity index (χ1) is 10.1. The molecule has 0 unspecified atom stereocenters. The van der Waals surface area contributed by atoms with Gasteiger partial charge in [0.25, 0.3) is 0 Å². The summed E-state index contributed by atoms with van der Waals surface area (Å²) < 4.78 is 1.82. The second-order valence-corrected chi connectivity index (χ2v) is 5.71. The molecule has 2 aromatic heterocycles. The molecule has 0 atom stereocenters. The summed E-state index contributed by atoms with van der Waals surface area (Å²) in [6, 6.07) is 10.6. The first-order valence-corrected chi connectivity index (χ1v) is 7.24. The lowest BCUT2D eigenvalue weighted by molar-refractivity contribution is 0.771. The van der Waals surface area contributed by atoms with Crippen LogP contribution in [0.4, 0.5) is 0 Å². The van der Waals surface area contributed by atoms with Crippen LogP contribution in [0.25, 0.3) is 11.3 Å². The van der Waals surface area contributed by atoms with Gasteiger partial charge in [-0.2, -0.15) is 10.2 Å². The van der Waals surface area contributed by atoms with Gasteiger partial charge in [-0.1, -0.05) is 38.1 Å². The fraction of sp³-hybridized carbons (Fsp3) is 0.294. The number of hydrogen-bond donors (Lipinski definition) is 1. The second kappa shape index (κ2) is 5.56. The van der Waals surface area contributed by atoms with Crippen LogP contribution in [0, 0.1) is 0 Å². The van der Waals surface area contributed by atoms with E-state index in [1.807, 2.05) is 30.2 Å². The molecule has 3 rings (SSSR count). The maximum atomic E-state index is 4.42. The Morgan fingerprint density at radius 2 is 1.90 bits per heavy atom. The maximum Gasteiger partial charge on any atom is 0.0923 e. The van der Waals surface area contributed by atoms with Gasteiger partial charge < -0.3 is 0 Å². The third-order valence-corrected chi connectivity index (χ3v) is 3.72. The lowest BCUT2D eigenvalue weighted by Gasteiger charge is -2.07. The van der Waals surface area contributed by atoms with E-state index < -0.39 is 0 Å². The molecule has 0 saturated heterocycles. The van der Waals surface area contributed by atoms with Gasteiger partial charge in [0, 0.05) is 30.9 Å². The van der Waals surface area contributed by atoms with Gasteiger partial charge in [-0.3, -0.25) is 9.78 Å². The summed E-state index contributed by atoms with van der Waals surface area (Å²) in [5.41, 5.74) is 5.93. The predicted octanol–water partition coefficient (Wildman–Crippen LogP) is 3.52. The Bertz CT molecular complexity index is 719. The van der Waals surface area contributed by atoms with Crippen LogP contribution in [0.1, 0.15) is 36.6 Å². The van der Waals surface area contributed by atoms with Crippen LogP contribution in [0.5, 0.6) is 0 Å². The molecule has 0 bridgehead atoms. The zero-order chi connectivity index (χ0) is 14.8. The Morgan fingerprint density at radius 1 is 1.14 bits per heavy atom. The number of aromatic amines is 1. The molecule has 1 N–H and O–H groups in total. The number of rotatable bonds is 4. The van der Waals surface area contributed by atoms with Gasteiger partial charge in [0.2, 0.25) is 0 Å². The second-order valence-electron chi connectivity index (χ2n) is 5.71. The van der Waals surface area contributed by atoms with Crippen LogP contribution in [0.3, 0.4) is 0 Å². The summed E-state index contributed by atoms with van der Waals surface area (Å²) in [6.45, 7) is 4.39. The monoisotopic (exact) mass is 280 g/mol. The van der Waals surface area contributed by atoms with Gasteiger partial charge >= 0.3 is 0 Å². The Labute approximate surface area is 124 Å². The summed E-state index contributed by atoms with van der Waals surface area (Å²) in [5.74, 6) is 0.492. The zero-order valence-corrected chi connectivity index (χ0v) is 12.7. The van der Waals surface area contributed by atoms with E-state index in [2.05, 4.69) is 53.4 Å². The summed E-state index contributed by atoms with van der Waals surface area (Å²) >= 11 is 0. The molecule has 0 aliphatic carbocycles. The minimum Gasteiger partial charge on any atom is -0.282 e. The molecule has 0 fully saturated rings. The Kier molecular flexibility index (Phi) is 3.60. The number of H-pyrrole nitrogens is 1. The quantitative estimate of drug-likeness (QED) is 0.794. The molecule has 21 heavy (non-hydrogen) atoms. The van der Waals surface area contributed by atoms with E-state index in [1.165, 1.54) is 16.8 Å². The first kappa shape index (κ1) is 13.6. The van der Waals surface area contributed by atoms with Crippen LogP contribution in [0.15, 0.2) is 42.7 Å². The molecule has 4 heteroatoms. The van der Waals surface area contributed by atoms with Gasteiger partial charge in [-0.25, -0.2) is 0 Å². The summed E-state index contributed by atoms with van der Waals surface area (Å²) in [4.78, 5) is 0. The van der Waals surface area contributed by atoms with Crippen molar-refractivity contribution in [2.75, 3.05) is 0 Å². The summed E-state index contributed by atoms with van der Waals surface area (Å²) in [5, 5.41) is 11.7. The lowest BCUT2D eigenvalue weighted by atomic mass is 9.99. The minimum atomic E-state index is 0.492. The van der Waals surface area contributed by atoms with Gasteiger partial charge in [0.05, 0.1) is 11.9 Å². The number of aryl methyl sites for hydroxylation is 1. The molecular weight excluding hydrogens is 260 g/mol. The molecule has 3 aromatic rings. The SMILES string of the molecule is CC(C)c1cn[nH]c1Cc1ccc(-c2ccn(C)n2)cc1. The molecule has 0 spiro atoms. The molecule has 1 aromatic carbocycles. The largest absolute Gasteiger partial charge is 0.282 e. The van der Waals surface area contributed by atoms with Crippen LogP contribution >= 0.6 is 0 Å². The van der Waals surface area contributed by atoms with Crippen molar-refractivity contribution in [2.45, 2.75) is 26.2 Å². The van der Waals surface area contributed by atoms with Gasteiger partial charge in [-0.05, 0) is 23.1 Å². The van der Waals surface area contributed by atoms with Crippen LogP contribution in [0.2, 0.25) is 0 Å². The Balaban J connectivity index is 1.80. The van der Waals surface area contributed by atoms with Crippen molar-refractivity contribution in [2.24, 2.45) is 7.05 Å². The van der Waals surface area contributed by atoms with Crippen molar-refractivity contribution in [3.63, 3.8) is 0 Å².